The van der Waals surface area contributed by atoms with E-state index in [-0.39, 0.29) is 5.41 Å². The molecule has 2 aromatic rings. The Balaban J connectivity index is 1.60. The van der Waals surface area contributed by atoms with Crippen molar-refractivity contribution in [2.24, 2.45) is 5.92 Å². The number of sulfonamides is 1. The van der Waals surface area contributed by atoms with E-state index in [1.165, 1.54) is 29.4 Å². The highest BCUT2D eigenvalue weighted by Crippen LogP contribution is 2.40. The van der Waals surface area contributed by atoms with Gasteiger partial charge in [0.25, 0.3) is 0 Å². The fraction of sp³-hybridized carbons (Fsp3) is 0.500. The average molecular weight is 415 g/mol. The van der Waals surface area contributed by atoms with Crippen LogP contribution in [0.15, 0.2) is 48.5 Å². The van der Waals surface area contributed by atoms with Crippen molar-refractivity contribution in [1.29, 1.82) is 0 Å². The van der Waals surface area contributed by atoms with Crippen LogP contribution in [0, 0.1) is 12.8 Å². The van der Waals surface area contributed by atoms with Crippen LogP contribution < -0.4 is 4.72 Å². The number of rotatable bonds is 7. The molecule has 29 heavy (non-hydrogen) atoms. The lowest BCUT2D eigenvalue weighted by Crippen LogP contribution is -2.47. The molecular formula is C24H34N2O2S. The summed E-state index contributed by atoms with van der Waals surface area (Å²) in [6.45, 7) is 10.1. The molecule has 1 aliphatic heterocycles. The SMILES string of the molecule is Cc1ccccc1CCCN1CCC(C)(c2cccc(NS(C)(=O)=O)c2)C(C)C1. The van der Waals surface area contributed by atoms with Crippen molar-refractivity contribution in [1.82, 2.24) is 4.90 Å². The third-order valence-corrected chi connectivity index (χ3v) is 7.18. The molecule has 1 fully saturated rings. The molecule has 4 nitrogen and oxygen atoms in total. The molecule has 2 aromatic carbocycles. The zero-order valence-electron chi connectivity index (χ0n) is 18.1. The second-order valence-corrected chi connectivity index (χ2v) is 10.6. The molecule has 2 atom stereocenters. The van der Waals surface area contributed by atoms with Crippen LogP contribution in [0.5, 0.6) is 0 Å². The Kier molecular flexibility index (Phi) is 6.69. The van der Waals surface area contributed by atoms with Crippen LogP contribution in [0.1, 0.15) is 43.4 Å². The first kappa shape index (κ1) is 21.8. The number of anilines is 1. The van der Waals surface area contributed by atoms with Crippen molar-refractivity contribution in [3.63, 3.8) is 0 Å². The molecule has 0 aliphatic carbocycles. The van der Waals surface area contributed by atoms with E-state index in [9.17, 15) is 8.42 Å². The number of aryl methyl sites for hydroxylation is 2. The number of nitrogens with one attached hydrogen (secondary N) is 1. The summed E-state index contributed by atoms with van der Waals surface area (Å²) in [4.78, 5) is 2.59. The molecule has 2 unspecified atom stereocenters. The summed E-state index contributed by atoms with van der Waals surface area (Å²) in [5.41, 5.74) is 4.77. The van der Waals surface area contributed by atoms with Crippen LogP contribution in [0.25, 0.3) is 0 Å². The van der Waals surface area contributed by atoms with Gasteiger partial charge in [-0.25, -0.2) is 8.42 Å². The Morgan fingerprint density at radius 2 is 1.93 bits per heavy atom. The van der Waals surface area contributed by atoms with E-state index in [0.717, 1.165) is 32.5 Å². The fourth-order valence-corrected chi connectivity index (χ4v) is 5.04. The summed E-state index contributed by atoms with van der Waals surface area (Å²) < 4.78 is 25.8. The van der Waals surface area contributed by atoms with Crippen LogP contribution in [0.2, 0.25) is 0 Å². The lowest BCUT2D eigenvalue weighted by Gasteiger charge is -2.45. The zero-order chi connectivity index (χ0) is 21.1. The minimum Gasteiger partial charge on any atom is -0.303 e. The van der Waals surface area contributed by atoms with Crippen molar-refractivity contribution >= 4 is 15.7 Å². The summed E-state index contributed by atoms with van der Waals surface area (Å²) in [5.74, 6) is 0.503. The van der Waals surface area contributed by atoms with E-state index in [0.29, 0.717) is 11.6 Å². The number of hydrogen-bond donors (Lipinski definition) is 1. The molecule has 1 aliphatic rings. The van der Waals surface area contributed by atoms with Crippen LogP contribution in [0.3, 0.4) is 0 Å². The van der Waals surface area contributed by atoms with Crippen LogP contribution in [0.4, 0.5) is 5.69 Å². The van der Waals surface area contributed by atoms with Gasteiger partial charge in [-0.1, -0.05) is 50.2 Å². The van der Waals surface area contributed by atoms with Gasteiger partial charge in [0.1, 0.15) is 0 Å². The van der Waals surface area contributed by atoms with Crippen molar-refractivity contribution in [3.8, 4) is 0 Å². The van der Waals surface area contributed by atoms with E-state index in [1.807, 2.05) is 18.2 Å². The molecule has 1 saturated heterocycles. The maximum absolute atomic E-state index is 11.6. The van der Waals surface area contributed by atoms with Gasteiger partial charge in [0.2, 0.25) is 10.0 Å². The number of nitrogens with zero attached hydrogens (tertiary/aromatic N) is 1. The van der Waals surface area contributed by atoms with E-state index in [2.05, 4.69) is 60.7 Å². The number of piperidine rings is 1. The summed E-state index contributed by atoms with van der Waals surface area (Å²) in [6.07, 6.45) is 4.59. The van der Waals surface area contributed by atoms with Gasteiger partial charge in [-0.2, -0.15) is 0 Å². The van der Waals surface area contributed by atoms with Crippen LogP contribution in [-0.2, 0) is 21.9 Å². The van der Waals surface area contributed by atoms with Gasteiger partial charge in [0.05, 0.1) is 6.26 Å². The third kappa shape index (κ3) is 5.61. The molecule has 1 N–H and O–H groups in total. The summed E-state index contributed by atoms with van der Waals surface area (Å²) in [6, 6.07) is 16.6. The molecule has 0 amide bonds. The minimum atomic E-state index is -3.26. The Morgan fingerprint density at radius 3 is 2.62 bits per heavy atom. The quantitative estimate of drug-likeness (QED) is 0.720. The molecular weight excluding hydrogens is 380 g/mol. The highest BCUT2D eigenvalue weighted by Gasteiger charge is 2.37. The molecule has 0 spiro atoms. The number of likely N-dealkylation sites (tertiary alicyclic amines) is 1. The van der Waals surface area contributed by atoms with Crippen LogP contribution in [-0.4, -0.2) is 39.2 Å². The summed E-state index contributed by atoms with van der Waals surface area (Å²) in [5, 5.41) is 0. The van der Waals surface area contributed by atoms with Crippen molar-refractivity contribution in [2.75, 3.05) is 30.6 Å². The maximum atomic E-state index is 11.6. The molecule has 5 heteroatoms. The van der Waals surface area contributed by atoms with E-state index >= 15 is 0 Å². The molecule has 3 rings (SSSR count). The Bertz CT molecular complexity index is 941. The first-order valence-electron chi connectivity index (χ1n) is 10.5. The second kappa shape index (κ2) is 8.88. The topological polar surface area (TPSA) is 49.4 Å². The molecule has 0 aromatic heterocycles. The fourth-order valence-electron chi connectivity index (χ4n) is 4.48. The molecule has 158 valence electrons. The van der Waals surface area contributed by atoms with Gasteiger partial charge in [0.15, 0.2) is 0 Å². The largest absolute Gasteiger partial charge is 0.303 e. The first-order valence-corrected chi connectivity index (χ1v) is 12.4. The van der Waals surface area contributed by atoms with Gasteiger partial charge in [-0.05, 0) is 79.4 Å². The summed E-state index contributed by atoms with van der Waals surface area (Å²) in [7, 11) is -3.26. The predicted molar refractivity (Wildman–Crippen MR) is 122 cm³/mol. The van der Waals surface area contributed by atoms with E-state index in [4.69, 9.17) is 0 Å². The van der Waals surface area contributed by atoms with Gasteiger partial charge >= 0.3 is 0 Å². The molecule has 0 radical (unpaired) electrons. The summed E-state index contributed by atoms with van der Waals surface area (Å²) >= 11 is 0. The Labute approximate surface area is 176 Å². The Morgan fingerprint density at radius 1 is 1.17 bits per heavy atom. The first-order chi connectivity index (χ1) is 13.7. The molecule has 0 saturated carbocycles. The standard InChI is InChI=1S/C24H34N2O2S/c1-19-9-5-6-10-21(19)11-8-15-26-16-14-24(3,20(2)18-26)22-12-7-13-23(17-22)25-29(4,27)28/h5-7,9-10,12-13,17,20,25H,8,11,14-16,18H2,1-4H3. The Hall–Kier alpha value is -1.85. The lowest BCUT2D eigenvalue weighted by molar-refractivity contribution is 0.110. The zero-order valence-corrected chi connectivity index (χ0v) is 18.9. The maximum Gasteiger partial charge on any atom is 0.229 e. The highest BCUT2D eigenvalue weighted by molar-refractivity contribution is 7.92. The smallest absolute Gasteiger partial charge is 0.229 e. The van der Waals surface area contributed by atoms with E-state index in [1.54, 1.807) is 0 Å². The normalized spacial score (nSPS) is 23.1. The molecule has 0 bridgehead atoms. The highest BCUT2D eigenvalue weighted by atomic mass is 32.2. The van der Waals surface area contributed by atoms with Gasteiger partial charge in [-0.15, -0.1) is 0 Å². The van der Waals surface area contributed by atoms with Gasteiger partial charge in [0, 0.05) is 12.2 Å². The second-order valence-electron chi connectivity index (χ2n) is 8.85. The van der Waals surface area contributed by atoms with Gasteiger partial charge < -0.3 is 4.90 Å². The number of benzene rings is 2. The predicted octanol–water partition coefficient (Wildman–Crippen LogP) is 4.60. The minimum absolute atomic E-state index is 0.0573. The van der Waals surface area contributed by atoms with E-state index < -0.39 is 10.0 Å². The van der Waals surface area contributed by atoms with Crippen molar-refractivity contribution in [2.45, 2.75) is 45.4 Å². The average Bonchev–Trinajstić information content (AvgIpc) is 2.65. The third-order valence-electron chi connectivity index (χ3n) is 6.57. The monoisotopic (exact) mass is 414 g/mol. The number of hydrogen-bond acceptors (Lipinski definition) is 3. The van der Waals surface area contributed by atoms with Crippen molar-refractivity contribution < 1.29 is 8.42 Å². The van der Waals surface area contributed by atoms with Crippen LogP contribution >= 0.6 is 0 Å². The van der Waals surface area contributed by atoms with Gasteiger partial charge in [-0.3, -0.25) is 4.72 Å². The lowest BCUT2D eigenvalue weighted by atomic mass is 9.68. The van der Waals surface area contributed by atoms with Crippen molar-refractivity contribution in [3.05, 3.63) is 65.2 Å². The molecule has 1 heterocycles.